The lowest BCUT2D eigenvalue weighted by Crippen LogP contribution is -2.28. The molecular weight excluding hydrogens is 452 g/mol. The predicted molar refractivity (Wildman–Crippen MR) is 132 cm³/mol. The van der Waals surface area contributed by atoms with E-state index in [2.05, 4.69) is 46.0 Å². The summed E-state index contributed by atoms with van der Waals surface area (Å²) in [6.45, 7) is 7.00. The lowest BCUT2D eigenvalue weighted by Gasteiger charge is -2.25. The zero-order chi connectivity index (χ0) is 24.3. The maximum atomic E-state index is 13.9. The van der Waals surface area contributed by atoms with Crippen LogP contribution in [0.3, 0.4) is 0 Å². The van der Waals surface area contributed by atoms with Crippen molar-refractivity contribution < 1.29 is 13.2 Å². The molecule has 34 heavy (non-hydrogen) atoms. The van der Waals surface area contributed by atoms with Crippen molar-refractivity contribution >= 4 is 38.1 Å². The number of fused-ring (bicyclic) bond motifs is 1. The molecule has 0 spiro atoms. The Morgan fingerprint density at radius 1 is 1.00 bits per heavy atom. The summed E-state index contributed by atoms with van der Waals surface area (Å²) in [4.78, 5) is 16.8. The van der Waals surface area contributed by atoms with Gasteiger partial charge in [0.15, 0.2) is 5.82 Å². The van der Waals surface area contributed by atoms with Gasteiger partial charge in [-0.25, -0.2) is 22.7 Å². The molecule has 0 bridgehead atoms. The molecule has 0 saturated heterocycles. The number of hydrogen-bond acceptors (Lipinski definition) is 8. The van der Waals surface area contributed by atoms with E-state index in [1.165, 1.54) is 25.7 Å². The summed E-state index contributed by atoms with van der Waals surface area (Å²) in [5.74, 6) is 0.889. The first kappa shape index (κ1) is 23.4. The molecule has 4 aromatic rings. The van der Waals surface area contributed by atoms with Crippen molar-refractivity contribution in [3.8, 4) is 5.88 Å². The topological polar surface area (TPSA) is 110 Å². The molecule has 0 amide bonds. The summed E-state index contributed by atoms with van der Waals surface area (Å²) in [5, 5.41) is 4.86. The fraction of sp³-hybridized carbons (Fsp3) is 0.250. The van der Waals surface area contributed by atoms with E-state index >= 15 is 0 Å². The second kappa shape index (κ2) is 9.22. The average Bonchev–Trinajstić information content (AvgIpc) is 2.83. The quantitative estimate of drug-likeness (QED) is 0.416. The van der Waals surface area contributed by atoms with Crippen LogP contribution in [0.2, 0.25) is 0 Å². The highest BCUT2D eigenvalue weighted by molar-refractivity contribution is 7.93. The third-order valence-corrected chi connectivity index (χ3v) is 6.69. The van der Waals surface area contributed by atoms with Crippen LogP contribution in [0.5, 0.6) is 5.88 Å². The summed E-state index contributed by atoms with van der Waals surface area (Å²) in [5.41, 5.74) is 0.271. The number of methoxy groups -OCH3 is 1. The van der Waals surface area contributed by atoms with Gasteiger partial charge in [-0.2, -0.15) is 4.98 Å². The first-order valence-corrected chi connectivity index (χ1v) is 12.1. The van der Waals surface area contributed by atoms with Crippen LogP contribution in [0.4, 0.5) is 17.3 Å². The fourth-order valence-corrected chi connectivity index (χ4v) is 4.78. The Hall–Kier alpha value is -3.79. The molecule has 1 aromatic carbocycles. The number of benzene rings is 1. The molecule has 10 heteroatoms. The van der Waals surface area contributed by atoms with Gasteiger partial charge in [-0.15, -0.1) is 0 Å². The zero-order valence-electron chi connectivity index (χ0n) is 19.4. The van der Waals surface area contributed by atoms with E-state index in [1.54, 1.807) is 48.8 Å². The number of rotatable bonds is 7. The normalized spacial score (nSPS) is 11.9. The summed E-state index contributed by atoms with van der Waals surface area (Å²) in [6, 6.07) is 11.5. The Morgan fingerprint density at radius 2 is 1.79 bits per heavy atom. The first-order chi connectivity index (χ1) is 16.2. The van der Waals surface area contributed by atoms with Crippen molar-refractivity contribution in [3.05, 3.63) is 67.4 Å². The van der Waals surface area contributed by atoms with Crippen LogP contribution in [0, 0.1) is 5.41 Å². The standard InChI is InChI=1S/C24H26N6O3S/c1-24(2,3)15-27-21-8-7-20(23(29-21)33-4)30(22-10-12-26-16-28-22)34(31,32)19-6-5-18-14-25-11-9-17(18)13-19/h5-14,16H,15H2,1-4H3,(H,27,29). The van der Waals surface area contributed by atoms with Crippen LogP contribution < -0.4 is 14.4 Å². The molecular formula is C24H26N6O3S. The Balaban J connectivity index is 1.83. The smallest absolute Gasteiger partial charge is 0.270 e. The largest absolute Gasteiger partial charge is 0.479 e. The molecule has 0 aliphatic heterocycles. The molecule has 0 unspecified atom stereocenters. The molecule has 176 valence electrons. The average molecular weight is 479 g/mol. The number of nitrogens with one attached hydrogen (secondary N) is 1. The highest BCUT2D eigenvalue weighted by atomic mass is 32.2. The van der Waals surface area contributed by atoms with Crippen molar-refractivity contribution in [2.75, 3.05) is 23.3 Å². The minimum atomic E-state index is -4.10. The number of nitrogens with zero attached hydrogens (tertiary/aromatic N) is 5. The van der Waals surface area contributed by atoms with Crippen molar-refractivity contribution in [3.63, 3.8) is 0 Å². The van der Waals surface area contributed by atoms with E-state index in [9.17, 15) is 8.42 Å². The third-order valence-electron chi connectivity index (χ3n) is 4.98. The number of sulfonamides is 1. The lowest BCUT2D eigenvalue weighted by atomic mass is 9.97. The van der Waals surface area contributed by atoms with Crippen LogP contribution in [0.15, 0.2) is 72.3 Å². The number of hydrogen-bond donors (Lipinski definition) is 1. The molecule has 1 N–H and O–H groups in total. The Morgan fingerprint density at radius 3 is 2.50 bits per heavy atom. The zero-order valence-corrected chi connectivity index (χ0v) is 20.2. The summed E-state index contributed by atoms with van der Waals surface area (Å²) in [7, 11) is -2.65. The van der Waals surface area contributed by atoms with Crippen molar-refractivity contribution in [1.82, 2.24) is 19.9 Å². The van der Waals surface area contributed by atoms with E-state index in [-0.39, 0.29) is 27.7 Å². The monoisotopic (exact) mass is 478 g/mol. The lowest BCUT2D eigenvalue weighted by molar-refractivity contribution is 0.399. The fourth-order valence-electron chi connectivity index (χ4n) is 3.30. The summed E-state index contributed by atoms with van der Waals surface area (Å²) in [6.07, 6.45) is 6.08. The van der Waals surface area contributed by atoms with Gasteiger partial charge in [0.2, 0.25) is 5.88 Å². The minimum Gasteiger partial charge on any atom is -0.479 e. The molecule has 0 fully saturated rings. The second-order valence-electron chi connectivity index (χ2n) is 8.86. The Labute approximate surface area is 198 Å². The maximum absolute atomic E-state index is 13.9. The molecule has 0 saturated carbocycles. The molecule has 3 aromatic heterocycles. The van der Waals surface area contributed by atoms with Crippen molar-refractivity contribution in [2.45, 2.75) is 25.7 Å². The van der Waals surface area contributed by atoms with Gasteiger partial charge in [-0.3, -0.25) is 4.98 Å². The van der Waals surface area contributed by atoms with E-state index in [0.29, 0.717) is 12.4 Å². The van der Waals surface area contributed by atoms with Crippen LogP contribution in [-0.4, -0.2) is 42.0 Å². The highest BCUT2D eigenvalue weighted by Gasteiger charge is 2.31. The highest BCUT2D eigenvalue weighted by Crippen LogP contribution is 2.37. The Bertz CT molecular complexity index is 1410. The summed E-state index contributed by atoms with van der Waals surface area (Å²) < 4.78 is 34.5. The van der Waals surface area contributed by atoms with Gasteiger partial charge in [0.1, 0.15) is 17.8 Å². The van der Waals surface area contributed by atoms with E-state index in [1.807, 2.05) is 0 Å². The van der Waals surface area contributed by atoms with E-state index in [0.717, 1.165) is 15.1 Å². The Kier molecular flexibility index (Phi) is 6.34. The molecule has 4 rings (SSSR count). The van der Waals surface area contributed by atoms with Crippen LogP contribution in [-0.2, 0) is 10.0 Å². The van der Waals surface area contributed by atoms with Crippen molar-refractivity contribution in [1.29, 1.82) is 0 Å². The number of pyridine rings is 2. The molecule has 0 aliphatic carbocycles. The molecule has 3 heterocycles. The minimum absolute atomic E-state index is 0.0372. The van der Waals surface area contributed by atoms with Gasteiger partial charge in [-0.1, -0.05) is 26.8 Å². The second-order valence-corrected chi connectivity index (χ2v) is 10.6. The third kappa shape index (κ3) is 4.91. The van der Waals surface area contributed by atoms with Gasteiger partial charge < -0.3 is 10.1 Å². The number of ether oxygens (including phenoxy) is 1. The number of aromatic nitrogens is 4. The van der Waals surface area contributed by atoms with Gasteiger partial charge in [-0.05, 0) is 41.1 Å². The molecule has 9 nitrogen and oxygen atoms in total. The van der Waals surface area contributed by atoms with Gasteiger partial charge in [0, 0.05) is 36.6 Å². The SMILES string of the molecule is COc1nc(NCC(C)(C)C)ccc1N(c1ccncn1)S(=O)(=O)c1ccc2cnccc2c1. The number of anilines is 3. The van der Waals surface area contributed by atoms with Crippen LogP contribution >= 0.6 is 0 Å². The van der Waals surface area contributed by atoms with Crippen LogP contribution in [0.1, 0.15) is 20.8 Å². The maximum Gasteiger partial charge on any atom is 0.270 e. The van der Waals surface area contributed by atoms with Gasteiger partial charge >= 0.3 is 0 Å². The van der Waals surface area contributed by atoms with Crippen molar-refractivity contribution in [2.24, 2.45) is 5.41 Å². The van der Waals surface area contributed by atoms with Crippen LogP contribution in [0.25, 0.3) is 10.8 Å². The van der Waals surface area contributed by atoms with Gasteiger partial charge in [0.05, 0.1) is 12.0 Å². The summed E-state index contributed by atoms with van der Waals surface area (Å²) >= 11 is 0. The predicted octanol–water partition coefficient (Wildman–Crippen LogP) is 4.41. The van der Waals surface area contributed by atoms with E-state index in [4.69, 9.17) is 4.74 Å². The first-order valence-electron chi connectivity index (χ1n) is 10.6. The molecule has 0 radical (unpaired) electrons. The van der Waals surface area contributed by atoms with E-state index < -0.39 is 10.0 Å². The molecule has 0 atom stereocenters. The van der Waals surface area contributed by atoms with Gasteiger partial charge in [0.25, 0.3) is 10.0 Å². The molecule has 0 aliphatic rings.